The summed E-state index contributed by atoms with van der Waals surface area (Å²) in [5.41, 5.74) is 4.08. The molecule has 0 saturated heterocycles. The molecule has 2 heterocycles. The summed E-state index contributed by atoms with van der Waals surface area (Å²) in [6.45, 7) is 4.47. The highest BCUT2D eigenvalue weighted by molar-refractivity contribution is 7.15. The maximum absolute atomic E-state index is 12.2. The molecule has 0 saturated carbocycles. The molecule has 0 radical (unpaired) electrons. The molecule has 1 amide bonds. The summed E-state index contributed by atoms with van der Waals surface area (Å²) in [5.74, 6) is -0.0109. The molecule has 2 aromatic heterocycles. The Morgan fingerprint density at radius 2 is 2.04 bits per heavy atom. The highest BCUT2D eigenvalue weighted by atomic mass is 32.1. The standard InChI is InChI=1S/C19H19N3OS/c1-13-6-5-7-15(10-13)19-22-14(2)17(24-19)11-18(23)21-12-16-8-3-4-9-20-16/h3-10H,11-12H2,1-2H3,(H,21,23). The summed E-state index contributed by atoms with van der Waals surface area (Å²) in [4.78, 5) is 22.0. The number of rotatable bonds is 5. The van der Waals surface area contributed by atoms with Crippen molar-refractivity contribution in [1.29, 1.82) is 0 Å². The zero-order chi connectivity index (χ0) is 16.9. The van der Waals surface area contributed by atoms with Crippen LogP contribution in [0.1, 0.15) is 21.8 Å². The van der Waals surface area contributed by atoms with Crippen molar-refractivity contribution >= 4 is 17.2 Å². The Bertz CT molecular complexity index is 843. The van der Waals surface area contributed by atoms with Gasteiger partial charge < -0.3 is 5.32 Å². The molecule has 122 valence electrons. The van der Waals surface area contributed by atoms with Gasteiger partial charge >= 0.3 is 0 Å². The van der Waals surface area contributed by atoms with Crippen LogP contribution < -0.4 is 5.32 Å². The Morgan fingerprint density at radius 1 is 1.17 bits per heavy atom. The SMILES string of the molecule is Cc1cccc(-c2nc(C)c(CC(=O)NCc3ccccn3)s2)c1. The van der Waals surface area contributed by atoms with Gasteiger partial charge in [-0.2, -0.15) is 0 Å². The van der Waals surface area contributed by atoms with E-state index in [1.165, 1.54) is 5.56 Å². The minimum atomic E-state index is -0.0109. The van der Waals surface area contributed by atoms with E-state index in [-0.39, 0.29) is 5.91 Å². The van der Waals surface area contributed by atoms with Gasteiger partial charge in [-0.25, -0.2) is 4.98 Å². The van der Waals surface area contributed by atoms with Gasteiger partial charge in [0.15, 0.2) is 0 Å². The highest BCUT2D eigenvalue weighted by Gasteiger charge is 2.13. The van der Waals surface area contributed by atoms with Gasteiger partial charge in [-0.05, 0) is 32.0 Å². The van der Waals surface area contributed by atoms with Gasteiger partial charge in [0.25, 0.3) is 0 Å². The number of pyridine rings is 1. The van der Waals surface area contributed by atoms with Crippen LogP contribution in [-0.4, -0.2) is 15.9 Å². The van der Waals surface area contributed by atoms with Gasteiger partial charge in [0.2, 0.25) is 5.91 Å². The van der Waals surface area contributed by atoms with Crippen molar-refractivity contribution in [2.24, 2.45) is 0 Å². The fourth-order valence-electron chi connectivity index (χ4n) is 2.39. The maximum atomic E-state index is 12.2. The quantitative estimate of drug-likeness (QED) is 0.773. The number of benzene rings is 1. The molecule has 0 aliphatic carbocycles. The molecular formula is C19H19N3OS. The Labute approximate surface area is 145 Å². The molecule has 0 bridgehead atoms. The largest absolute Gasteiger partial charge is 0.350 e. The first-order valence-corrected chi connectivity index (χ1v) is 8.63. The number of nitrogens with one attached hydrogen (secondary N) is 1. The van der Waals surface area contributed by atoms with Gasteiger partial charge in [0.05, 0.1) is 24.4 Å². The number of hydrogen-bond donors (Lipinski definition) is 1. The Hall–Kier alpha value is -2.53. The number of hydrogen-bond acceptors (Lipinski definition) is 4. The van der Waals surface area contributed by atoms with Crippen molar-refractivity contribution in [3.63, 3.8) is 0 Å². The lowest BCUT2D eigenvalue weighted by molar-refractivity contribution is -0.120. The maximum Gasteiger partial charge on any atom is 0.225 e. The van der Waals surface area contributed by atoms with Crippen molar-refractivity contribution in [2.75, 3.05) is 0 Å². The predicted octanol–water partition coefficient (Wildman–Crippen LogP) is 3.68. The van der Waals surface area contributed by atoms with Gasteiger partial charge in [0, 0.05) is 16.6 Å². The molecule has 0 fully saturated rings. The van der Waals surface area contributed by atoms with Crippen molar-refractivity contribution < 1.29 is 4.79 Å². The molecule has 0 aliphatic heterocycles. The van der Waals surface area contributed by atoms with Gasteiger partial charge in [-0.1, -0.05) is 29.8 Å². The van der Waals surface area contributed by atoms with E-state index in [1.807, 2.05) is 31.2 Å². The summed E-state index contributed by atoms with van der Waals surface area (Å²) in [7, 11) is 0. The van der Waals surface area contributed by atoms with Crippen LogP contribution in [0.25, 0.3) is 10.6 Å². The molecule has 4 nitrogen and oxygen atoms in total. The van der Waals surface area contributed by atoms with Crippen LogP contribution in [0.2, 0.25) is 0 Å². The van der Waals surface area contributed by atoms with Gasteiger partial charge in [-0.3, -0.25) is 9.78 Å². The number of carbonyl (C=O) groups is 1. The number of nitrogens with zero attached hydrogens (tertiary/aromatic N) is 2. The Kier molecular flexibility index (Phi) is 5.01. The van der Waals surface area contributed by atoms with E-state index in [4.69, 9.17) is 0 Å². The summed E-state index contributed by atoms with van der Waals surface area (Å²) in [6, 6.07) is 13.9. The lowest BCUT2D eigenvalue weighted by Crippen LogP contribution is -2.24. The summed E-state index contributed by atoms with van der Waals surface area (Å²) < 4.78 is 0. The molecular weight excluding hydrogens is 318 g/mol. The third-order valence-corrected chi connectivity index (χ3v) is 4.88. The van der Waals surface area contributed by atoms with E-state index in [0.29, 0.717) is 13.0 Å². The molecule has 0 unspecified atom stereocenters. The molecule has 0 aliphatic rings. The molecule has 5 heteroatoms. The predicted molar refractivity (Wildman–Crippen MR) is 96.8 cm³/mol. The van der Waals surface area contributed by atoms with Crippen LogP contribution in [0.15, 0.2) is 48.7 Å². The molecule has 24 heavy (non-hydrogen) atoms. The number of aryl methyl sites for hydroxylation is 2. The van der Waals surface area contributed by atoms with E-state index in [9.17, 15) is 4.79 Å². The summed E-state index contributed by atoms with van der Waals surface area (Å²) in [5, 5.41) is 3.87. The lowest BCUT2D eigenvalue weighted by Gasteiger charge is -2.03. The second-order valence-electron chi connectivity index (χ2n) is 5.67. The Balaban J connectivity index is 1.66. The third-order valence-electron chi connectivity index (χ3n) is 3.67. The van der Waals surface area contributed by atoms with Crippen molar-refractivity contribution in [2.45, 2.75) is 26.8 Å². The smallest absolute Gasteiger partial charge is 0.225 e. The molecule has 0 atom stereocenters. The first-order valence-electron chi connectivity index (χ1n) is 7.82. The van der Waals surface area contributed by atoms with E-state index in [1.54, 1.807) is 17.5 Å². The van der Waals surface area contributed by atoms with Crippen molar-refractivity contribution in [1.82, 2.24) is 15.3 Å². The number of aromatic nitrogens is 2. The van der Waals surface area contributed by atoms with E-state index in [2.05, 4.69) is 40.4 Å². The fraction of sp³-hybridized carbons (Fsp3) is 0.211. The van der Waals surface area contributed by atoms with Gasteiger partial charge in [0.1, 0.15) is 5.01 Å². The minimum Gasteiger partial charge on any atom is -0.350 e. The third kappa shape index (κ3) is 4.06. The summed E-state index contributed by atoms with van der Waals surface area (Å²) >= 11 is 1.58. The first kappa shape index (κ1) is 16.3. The average molecular weight is 337 g/mol. The van der Waals surface area contributed by atoms with Crippen molar-refractivity contribution in [3.8, 4) is 10.6 Å². The molecule has 3 aromatic rings. The van der Waals surface area contributed by atoms with E-state index >= 15 is 0 Å². The highest BCUT2D eigenvalue weighted by Crippen LogP contribution is 2.28. The van der Waals surface area contributed by atoms with Crippen LogP contribution in [0, 0.1) is 13.8 Å². The number of amides is 1. The van der Waals surface area contributed by atoms with Crippen LogP contribution in [0.4, 0.5) is 0 Å². The molecule has 1 aromatic carbocycles. The topological polar surface area (TPSA) is 54.9 Å². The lowest BCUT2D eigenvalue weighted by atomic mass is 10.1. The van der Waals surface area contributed by atoms with Crippen LogP contribution in [0.3, 0.4) is 0 Å². The zero-order valence-electron chi connectivity index (χ0n) is 13.7. The summed E-state index contributed by atoms with van der Waals surface area (Å²) in [6.07, 6.45) is 2.07. The monoisotopic (exact) mass is 337 g/mol. The average Bonchev–Trinajstić information content (AvgIpc) is 2.95. The van der Waals surface area contributed by atoms with Crippen LogP contribution in [-0.2, 0) is 17.8 Å². The number of thiazole rings is 1. The van der Waals surface area contributed by atoms with Gasteiger partial charge in [-0.15, -0.1) is 11.3 Å². The van der Waals surface area contributed by atoms with E-state index in [0.717, 1.165) is 26.8 Å². The normalized spacial score (nSPS) is 10.6. The minimum absolute atomic E-state index is 0.0109. The first-order chi connectivity index (χ1) is 11.6. The van der Waals surface area contributed by atoms with Crippen LogP contribution >= 0.6 is 11.3 Å². The second-order valence-corrected chi connectivity index (χ2v) is 6.76. The second kappa shape index (κ2) is 7.36. The molecule has 1 N–H and O–H groups in total. The molecule has 0 spiro atoms. The Morgan fingerprint density at radius 3 is 2.79 bits per heavy atom. The molecule has 3 rings (SSSR count). The van der Waals surface area contributed by atoms with Crippen molar-refractivity contribution in [3.05, 3.63) is 70.5 Å². The zero-order valence-corrected chi connectivity index (χ0v) is 14.6. The number of carbonyl (C=O) groups excluding carboxylic acids is 1. The van der Waals surface area contributed by atoms with Crippen LogP contribution in [0.5, 0.6) is 0 Å². The van der Waals surface area contributed by atoms with E-state index < -0.39 is 0 Å². The fourth-order valence-corrected chi connectivity index (χ4v) is 3.45.